The zero-order chi connectivity index (χ0) is 35.2. The van der Waals surface area contributed by atoms with Gasteiger partial charge in [-0.05, 0) is 111 Å². The zero-order valence-corrected chi connectivity index (χ0v) is 28.0. The van der Waals surface area contributed by atoms with Gasteiger partial charge in [0, 0.05) is 29.3 Å². The van der Waals surface area contributed by atoms with Crippen molar-refractivity contribution in [1.82, 2.24) is 36.2 Å². The predicted molar refractivity (Wildman–Crippen MR) is 186 cm³/mol. The van der Waals surface area contributed by atoms with Gasteiger partial charge in [0.15, 0.2) is 0 Å². The Morgan fingerprint density at radius 1 is 0.960 bits per heavy atom. The SMILES string of the molecule is Cc1nc(C(=O)N[C@H]2CCCNC2=O)ccc1-c1ccc(C[C@H](N)C(=O)N(C(=O)C2CCC(CN)CC2)c2ccc(-c3nn[nH]n3)cc2)cc1. The lowest BCUT2D eigenvalue weighted by Gasteiger charge is -2.32. The van der Waals surface area contributed by atoms with Gasteiger partial charge in [0.2, 0.25) is 17.6 Å². The first-order valence-corrected chi connectivity index (χ1v) is 17.0. The normalized spacial score (nSPS) is 19.7. The number of hydrogen-bond donors (Lipinski definition) is 5. The maximum Gasteiger partial charge on any atom is 0.270 e. The maximum atomic E-state index is 14.0. The zero-order valence-electron chi connectivity index (χ0n) is 28.0. The number of aromatic amines is 1. The Morgan fingerprint density at radius 3 is 2.32 bits per heavy atom. The average molecular weight is 679 g/mol. The summed E-state index contributed by atoms with van der Waals surface area (Å²) < 4.78 is 0. The number of aromatic nitrogens is 5. The van der Waals surface area contributed by atoms with Crippen LogP contribution in [-0.4, -0.2) is 74.4 Å². The summed E-state index contributed by atoms with van der Waals surface area (Å²) in [6, 6.07) is 16.4. The van der Waals surface area contributed by atoms with Gasteiger partial charge in [-0.1, -0.05) is 30.3 Å². The molecule has 4 aromatic rings. The van der Waals surface area contributed by atoms with Crippen molar-refractivity contribution in [1.29, 1.82) is 0 Å². The van der Waals surface area contributed by atoms with Gasteiger partial charge >= 0.3 is 0 Å². The number of rotatable bonds is 10. The molecule has 1 saturated heterocycles. The molecule has 2 aromatic carbocycles. The van der Waals surface area contributed by atoms with Gasteiger partial charge in [-0.3, -0.25) is 19.2 Å². The quantitative estimate of drug-likeness (QED) is 0.165. The van der Waals surface area contributed by atoms with Crippen LogP contribution in [-0.2, 0) is 20.8 Å². The molecule has 1 saturated carbocycles. The number of nitrogens with one attached hydrogen (secondary N) is 3. The molecule has 2 aliphatic rings. The van der Waals surface area contributed by atoms with Gasteiger partial charge in [-0.15, -0.1) is 10.2 Å². The van der Waals surface area contributed by atoms with Crippen LogP contribution in [0.25, 0.3) is 22.5 Å². The lowest BCUT2D eigenvalue weighted by atomic mass is 9.81. The van der Waals surface area contributed by atoms with Crippen molar-refractivity contribution in [3.63, 3.8) is 0 Å². The number of aryl methyl sites for hydroxylation is 1. The van der Waals surface area contributed by atoms with E-state index in [1.165, 1.54) is 4.90 Å². The number of carbonyl (C=O) groups excluding carboxylic acids is 4. The highest BCUT2D eigenvalue weighted by atomic mass is 16.2. The molecule has 1 aliphatic carbocycles. The lowest BCUT2D eigenvalue weighted by molar-refractivity contribution is -0.130. The third kappa shape index (κ3) is 7.76. The fraction of sp³-hybridized carbons (Fsp3) is 0.389. The Balaban J connectivity index is 1.15. The highest BCUT2D eigenvalue weighted by Gasteiger charge is 2.35. The van der Waals surface area contributed by atoms with Gasteiger partial charge in [0.05, 0.1) is 11.7 Å². The number of H-pyrrole nitrogens is 1. The first kappa shape index (κ1) is 34.5. The number of pyridine rings is 1. The fourth-order valence-corrected chi connectivity index (χ4v) is 6.70. The second-order valence-corrected chi connectivity index (χ2v) is 13.0. The molecule has 1 aliphatic heterocycles. The molecule has 4 amide bonds. The van der Waals surface area contributed by atoms with Crippen LogP contribution in [0.15, 0.2) is 60.7 Å². The van der Waals surface area contributed by atoms with E-state index in [0.717, 1.165) is 36.0 Å². The van der Waals surface area contributed by atoms with Gasteiger partial charge in [0.25, 0.3) is 11.8 Å². The lowest BCUT2D eigenvalue weighted by Crippen LogP contribution is -2.50. The summed E-state index contributed by atoms with van der Waals surface area (Å²) in [6.07, 6.45) is 4.63. The van der Waals surface area contributed by atoms with Crippen LogP contribution in [0, 0.1) is 18.8 Å². The molecule has 6 rings (SSSR count). The number of hydrogen-bond acceptors (Lipinski definition) is 10. The Morgan fingerprint density at radius 2 is 1.68 bits per heavy atom. The van der Waals surface area contributed by atoms with Crippen molar-refractivity contribution < 1.29 is 19.2 Å². The Hall–Kier alpha value is -5.34. The number of amides is 4. The van der Waals surface area contributed by atoms with E-state index >= 15 is 0 Å². The largest absolute Gasteiger partial charge is 0.354 e. The van der Waals surface area contributed by atoms with E-state index in [9.17, 15) is 19.2 Å². The number of anilines is 1. The van der Waals surface area contributed by atoms with E-state index in [4.69, 9.17) is 11.5 Å². The topological polar surface area (TPSA) is 215 Å². The fourth-order valence-electron chi connectivity index (χ4n) is 6.70. The first-order valence-electron chi connectivity index (χ1n) is 17.0. The molecule has 50 heavy (non-hydrogen) atoms. The average Bonchev–Trinajstić information content (AvgIpc) is 3.69. The Kier molecular flexibility index (Phi) is 10.7. The summed E-state index contributed by atoms with van der Waals surface area (Å²) in [5.74, 6) is -0.827. The minimum absolute atomic E-state index is 0.181. The van der Waals surface area contributed by atoms with Crippen molar-refractivity contribution in [2.45, 2.75) is 64.0 Å². The smallest absolute Gasteiger partial charge is 0.270 e. The Labute approximate surface area is 289 Å². The van der Waals surface area contributed by atoms with Crippen LogP contribution in [0.2, 0.25) is 0 Å². The highest BCUT2D eigenvalue weighted by Crippen LogP contribution is 2.32. The van der Waals surface area contributed by atoms with Crippen molar-refractivity contribution in [2.24, 2.45) is 23.3 Å². The van der Waals surface area contributed by atoms with E-state index in [1.54, 1.807) is 30.3 Å². The van der Waals surface area contributed by atoms with Crippen LogP contribution < -0.4 is 27.0 Å². The van der Waals surface area contributed by atoms with Gasteiger partial charge in [-0.25, -0.2) is 9.88 Å². The predicted octanol–water partition coefficient (Wildman–Crippen LogP) is 2.44. The molecule has 14 nitrogen and oxygen atoms in total. The molecule has 2 aromatic heterocycles. The summed E-state index contributed by atoms with van der Waals surface area (Å²) in [5.41, 5.74) is 17.0. The molecule has 0 spiro atoms. The van der Waals surface area contributed by atoms with E-state index in [2.05, 4.69) is 36.2 Å². The summed E-state index contributed by atoms with van der Waals surface area (Å²) in [5, 5.41) is 19.6. The molecule has 0 radical (unpaired) electrons. The summed E-state index contributed by atoms with van der Waals surface area (Å²) in [6.45, 7) is 3.03. The van der Waals surface area contributed by atoms with E-state index < -0.39 is 23.9 Å². The number of benzene rings is 2. The number of nitrogens with zero attached hydrogens (tertiary/aromatic N) is 5. The van der Waals surface area contributed by atoms with Crippen molar-refractivity contribution in [2.75, 3.05) is 18.0 Å². The van der Waals surface area contributed by atoms with Crippen LogP contribution in [0.1, 0.15) is 60.3 Å². The minimum atomic E-state index is -0.977. The summed E-state index contributed by atoms with van der Waals surface area (Å²) in [7, 11) is 0. The van der Waals surface area contributed by atoms with Crippen LogP contribution >= 0.6 is 0 Å². The molecule has 3 heterocycles. The monoisotopic (exact) mass is 678 g/mol. The highest BCUT2D eigenvalue weighted by molar-refractivity contribution is 6.17. The van der Waals surface area contributed by atoms with Gasteiger partial charge in [0.1, 0.15) is 11.7 Å². The van der Waals surface area contributed by atoms with Gasteiger partial charge < -0.3 is 22.1 Å². The van der Waals surface area contributed by atoms with Gasteiger partial charge in [-0.2, -0.15) is 5.21 Å². The molecule has 14 heteroatoms. The molecular formula is C36H42N10O4. The minimum Gasteiger partial charge on any atom is -0.354 e. The Bertz CT molecular complexity index is 1820. The van der Waals surface area contributed by atoms with Crippen LogP contribution in [0.5, 0.6) is 0 Å². The maximum absolute atomic E-state index is 14.0. The number of carbonyl (C=O) groups is 4. The second kappa shape index (κ2) is 15.5. The third-order valence-electron chi connectivity index (χ3n) is 9.65. The molecule has 0 bridgehead atoms. The van der Waals surface area contributed by atoms with Crippen molar-refractivity contribution in [3.05, 3.63) is 77.6 Å². The van der Waals surface area contributed by atoms with Crippen molar-refractivity contribution >= 4 is 29.3 Å². The number of nitrogens with two attached hydrogens (primary N) is 2. The molecular weight excluding hydrogens is 636 g/mol. The second-order valence-electron chi connectivity index (χ2n) is 13.0. The van der Waals surface area contributed by atoms with E-state index in [1.807, 2.05) is 37.3 Å². The number of imide groups is 1. The summed E-state index contributed by atoms with van der Waals surface area (Å²) >= 11 is 0. The molecule has 260 valence electrons. The van der Waals surface area contributed by atoms with Crippen LogP contribution in [0.3, 0.4) is 0 Å². The van der Waals surface area contributed by atoms with Crippen molar-refractivity contribution in [3.8, 4) is 22.5 Å². The standard InChI is InChI=1S/C36H42N10O4/c1-21-28(16-17-31(40-21)34(48)41-30-3-2-18-39-33(30)47)24-8-4-22(5-9-24)19-29(38)36(50)46(35(49)26-10-6-23(20-37)7-11-26)27-14-12-25(13-15-27)32-42-44-45-43-32/h4-5,8-9,12-17,23,26,29-30H,2-3,6-7,10-11,18-20,37-38H2,1H3,(H,39,47)(H,41,48)(H,42,43,44,45)/t23?,26?,29-,30-/m0/s1. The summed E-state index contributed by atoms with van der Waals surface area (Å²) in [4.78, 5) is 58.5. The van der Waals surface area contributed by atoms with E-state index in [0.29, 0.717) is 61.0 Å². The van der Waals surface area contributed by atoms with Crippen LogP contribution in [0.4, 0.5) is 5.69 Å². The molecule has 2 fully saturated rings. The van der Waals surface area contributed by atoms with E-state index in [-0.39, 0.29) is 29.8 Å². The third-order valence-corrected chi connectivity index (χ3v) is 9.65. The molecule has 7 N–H and O–H groups in total. The number of tetrazole rings is 1. The molecule has 2 atom stereocenters. The first-order chi connectivity index (χ1) is 24.2. The number of piperidine rings is 1. The molecule has 0 unspecified atom stereocenters.